The molecule has 0 saturated carbocycles. The van der Waals surface area contributed by atoms with Crippen LogP contribution in [0.1, 0.15) is 46.1 Å². The Labute approximate surface area is 132 Å². The van der Waals surface area contributed by atoms with Gasteiger partial charge in [0.2, 0.25) is 11.8 Å². The van der Waals surface area contributed by atoms with Crippen molar-refractivity contribution < 1.29 is 9.59 Å². The fourth-order valence-corrected chi connectivity index (χ4v) is 1.48. The van der Waals surface area contributed by atoms with Crippen LogP contribution in [0.3, 0.4) is 0 Å². The number of nitrogens with one attached hydrogen (secondary N) is 2. The lowest BCUT2D eigenvalue weighted by Crippen LogP contribution is -2.27. The maximum absolute atomic E-state index is 11.7. The van der Waals surface area contributed by atoms with Gasteiger partial charge in [0.25, 0.3) is 0 Å². The highest BCUT2D eigenvalue weighted by molar-refractivity contribution is 5.89. The fourth-order valence-electron chi connectivity index (χ4n) is 1.48. The van der Waals surface area contributed by atoms with Crippen molar-refractivity contribution >= 4 is 17.5 Å². The average molecular weight is 303 g/mol. The average Bonchev–Trinajstić information content (AvgIpc) is 2.48. The first-order chi connectivity index (χ1) is 10.3. The number of carbonyl (C=O) groups is 2. The molecule has 0 bridgehead atoms. The van der Waals surface area contributed by atoms with Gasteiger partial charge >= 0.3 is 0 Å². The van der Waals surface area contributed by atoms with E-state index in [1.807, 2.05) is 58.0 Å². The van der Waals surface area contributed by atoms with Crippen LogP contribution in [0.2, 0.25) is 0 Å². The maximum Gasteiger partial charge on any atom is 0.240 e. The molecule has 0 fully saturated rings. The van der Waals surface area contributed by atoms with Gasteiger partial charge < -0.3 is 5.32 Å². The van der Waals surface area contributed by atoms with Crippen molar-refractivity contribution in [3.05, 3.63) is 35.9 Å². The molecule has 0 radical (unpaired) electrons. The Kier molecular flexibility index (Phi) is 6.76. The molecule has 0 aliphatic rings. The van der Waals surface area contributed by atoms with E-state index < -0.39 is 0 Å². The summed E-state index contributed by atoms with van der Waals surface area (Å²) >= 11 is 0. The summed E-state index contributed by atoms with van der Waals surface area (Å²) in [5.41, 5.74) is 4.28. The van der Waals surface area contributed by atoms with Gasteiger partial charge in [0.05, 0.1) is 0 Å². The Morgan fingerprint density at radius 2 is 1.64 bits per heavy atom. The van der Waals surface area contributed by atoms with E-state index in [1.165, 1.54) is 0 Å². The lowest BCUT2D eigenvalue weighted by Gasteiger charge is -2.17. The molecule has 1 aromatic rings. The van der Waals surface area contributed by atoms with E-state index in [1.54, 1.807) is 0 Å². The molecular weight excluding hydrogens is 278 g/mol. The summed E-state index contributed by atoms with van der Waals surface area (Å²) in [4.78, 5) is 23.3. The van der Waals surface area contributed by atoms with Gasteiger partial charge in [-0.1, -0.05) is 51.1 Å². The number of hydrogen-bond acceptors (Lipinski definition) is 3. The molecule has 1 aromatic carbocycles. The Hall–Kier alpha value is -2.17. The van der Waals surface area contributed by atoms with E-state index in [0.717, 1.165) is 11.3 Å². The van der Waals surface area contributed by atoms with E-state index in [0.29, 0.717) is 6.54 Å². The Bertz CT molecular complexity index is 531. The topological polar surface area (TPSA) is 70.6 Å². The van der Waals surface area contributed by atoms with Crippen LogP contribution in [0.25, 0.3) is 0 Å². The molecule has 0 heterocycles. The standard InChI is InChI=1S/C17H25N3O2/c1-13(17(2,3)4)19-20-16(22)11-10-15(21)18-12-14-8-6-5-7-9-14/h5-9H,10-12H2,1-4H3,(H,18,21)(H,20,22)/b19-13+. The summed E-state index contributed by atoms with van der Waals surface area (Å²) in [6.45, 7) is 8.41. The normalized spacial score (nSPS) is 11.9. The molecule has 0 aliphatic carbocycles. The van der Waals surface area contributed by atoms with E-state index in [-0.39, 0.29) is 30.1 Å². The second-order valence-corrected chi connectivity index (χ2v) is 6.24. The van der Waals surface area contributed by atoms with Crippen LogP contribution in [0, 0.1) is 5.41 Å². The van der Waals surface area contributed by atoms with Crippen LogP contribution < -0.4 is 10.7 Å². The first kappa shape index (κ1) is 17.9. The lowest BCUT2D eigenvalue weighted by molar-refractivity contribution is -0.126. The van der Waals surface area contributed by atoms with Crippen molar-refractivity contribution in [2.45, 2.75) is 47.1 Å². The van der Waals surface area contributed by atoms with Crippen LogP contribution in [0.15, 0.2) is 35.4 Å². The number of amides is 2. The van der Waals surface area contributed by atoms with E-state index in [2.05, 4.69) is 15.8 Å². The first-order valence-corrected chi connectivity index (χ1v) is 7.43. The lowest BCUT2D eigenvalue weighted by atomic mass is 9.91. The molecule has 0 unspecified atom stereocenters. The molecule has 0 aliphatic heterocycles. The third-order valence-electron chi connectivity index (χ3n) is 3.35. The zero-order valence-corrected chi connectivity index (χ0v) is 13.8. The highest BCUT2D eigenvalue weighted by Crippen LogP contribution is 2.14. The van der Waals surface area contributed by atoms with Crippen molar-refractivity contribution in [1.29, 1.82) is 0 Å². The minimum Gasteiger partial charge on any atom is -0.352 e. The van der Waals surface area contributed by atoms with Crippen LogP contribution >= 0.6 is 0 Å². The van der Waals surface area contributed by atoms with Crippen molar-refractivity contribution in [2.24, 2.45) is 10.5 Å². The second-order valence-electron chi connectivity index (χ2n) is 6.24. The SMILES string of the molecule is C/C(=N\NC(=O)CCC(=O)NCc1ccccc1)C(C)(C)C. The van der Waals surface area contributed by atoms with Gasteiger partial charge in [0, 0.05) is 30.5 Å². The maximum atomic E-state index is 11.7. The quantitative estimate of drug-likeness (QED) is 0.626. The van der Waals surface area contributed by atoms with Crippen molar-refractivity contribution in [3.8, 4) is 0 Å². The molecule has 120 valence electrons. The molecule has 0 atom stereocenters. The summed E-state index contributed by atoms with van der Waals surface area (Å²) in [7, 11) is 0. The van der Waals surface area contributed by atoms with E-state index in [4.69, 9.17) is 0 Å². The molecule has 1 rings (SSSR count). The predicted octanol–water partition coefficient (Wildman–Crippen LogP) is 2.62. The van der Waals surface area contributed by atoms with Crippen molar-refractivity contribution in [1.82, 2.24) is 10.7 Å². The van der Waals surface area contributed by atoms with Crippen LogP contribution in [-0.2, 0) is 16.1 Å². The van der Waals surface area contributed by atoms with Crippen molar-refractivity contribution in [3.63, 3.8) is 0 Å². The van der Waals surface area contributed by atoms with Gasteiger partial charge in [-0.25, -0.2) is 5.43 Å². The minimum absolute atomic E-state index is 0.0830. The molecule has 0 aromatic heterocycles. The Balaban J connectivity index is 2.28. The molecule has 5 heteroatoms. The van der Waals surface area contributed by atoms with Gasteiger partial charge in [0.15, 0.2) is 0 Å². The minimum atomic E-state index is -0.251. The van der Waals surface area contributed by atoms with Gasteiger partial charge in [-0.15, -0.1) is 0 Å². The largest absolute Gasteiger partial charge is 0.352 e. The fraction of sp³-hybridized carbons (Fsp3) is 0.471. The van der Waals surface area contributed by atoms with Gasteiger partial charge in [-0.2, -0.15) is 5.10 Å². The second kappa shape index (κ2) is 8.32. The van der Waals surface area contributed by atoms with Crippen molar-refractivity contribution in [2.75, 3.05) is 0 Å². The number of nitrogens with zero attached hydrogens (tertiary/aromatic N) is 1. The smallest absolute Gasteiger partial charge is 0.240 e. The van der Waals surface area contributed by atoms with Crippen LogP contribution in [0.5, 0.6) is 0 Å². The van der Waals surface area contributed by atoms with Gasteiger partial charge in [0.1, 0.15) is 0 Å². The number of hydrogen-bond donors (Lipinski definition) is 2. The molecule has 2 N–H and O–H groups in total. The predicted molar refractivity (Wildman–Crippen MR) is 88.2 cm³/mol. The third kappa shape index (κ3) is 7.02. The monoisotopic (exact) mass is 303 g/mol. The number of carbonyl (C=O) groups excluding carboxylic acids is 2. The summed E-state index contributed by atoms with van der Waals surface area (Å²) < 4.78 is 0. The summed E-state index contributed by atoms with van der Waals surface area (Å²) in [5.74, 6) is -0.394. The number of rotatable bonds is 6. The van der Waals surface area contributed by atoms with E-state index in [9.17, 15) is 9.59 Å². The van der Waals surface area contributed by atoms with Crippen LogP contribution in [0.4, 0.5) is 0 Å². The third-order valence-corrected chi connectivity index (χ3v) is 3.35. The Morgan fingerprint density at radius 3 is 2.23 bits per heavy atom. The molecule has 0 saturated heterocycles. The summed E-state index contributed by atoms with van der Waals surface area (Å²) in [5, 5.41) is 6.84. The van der Waals surface area contributed by atoms with Gasteiger partial charge in [-0.05, 0) is 12.5 Å². The highest BCUT2D eigenvalue weighted by atomic mass is 16.2. The molecule has 5 nitrogen and oxygen atoms in total. The molecule has 22 heavy (non-hydrogen) atoms. The Morgan fingerprint density at radius 1 is 1.05 bits per heavy atom. The summed E-state index contributed by atoms with van der Waals surface area (Å²) in [6.07, 6.45) is 0.282. The summed E-state index contributed by atoms with van der Waals surface area (Å²) in [6, 6.07) is 9.65. The molecule has 0 spiro atoms. The zero-order chi connectivity index (χ0) is 16.6. The molecular formula is C17H25N3O2. The van der Waals surface area contributed by atoms with E-state index >= 15 is 0 Å². The number of hydrazone groups is 1. The first-order valence-electron chi connectivity index (χ1n) is 7.43. The molecule has 2 amide bonds. The van der Waals surface area contributed by atoms with Crippen LogP contribution in [-0.4, -0.2) is 17.5 Å². The zero-order valence-electron chi connectivity index (χ0n) is 13.8. The number of benzene rings is 1. The van der Waals surface area contributed by atoms with Gasteiger partial charge in [-0.3, -0.25) is 9.59 Å². The highest BCUT2D eigenvalue weighted by Gasteiger charge is 2.14.